The standard InChI is InChI=1S/C19H22O3/c20-16-11-19-9-5-4-8-14(19)10-15(16)17(12-19)22-18(21)13-6-2-1-3-7-13/h1-3,6-7,14-15,17H,4-5,8-12H2/t14-,15+,17+,19-/m0/s1. The van der Waals surface area contributed by atoms with E-state index in [0.29, 0.717) is 17.3 Å². The predicted octanol–water partition coefficient (Wildman–Crippen LogP) is 3.77. The Labute approximate surface area is 131 Å². The highest BCUT2D eigenvalue weighted by Gasteiger charge is 2.57. The van der Waals surface area contributed by atoms with Gasteiger partial charge in [-0.1, -0.05) is 31.0 Å². The van der Waals surface area contributed by atoms with Crippen LogP contribution < -0.4 is 0 Å². The average Bonchev–Trinajstić information content (AvgIpc) is 2.54. The van der Waals surface area contributed by atoms with E-state index in [1.807, 2.05) is 18.2 Å². The van der Waals surface area contributed by atoms with Gasteiger partial charge in [0, 0.05) is 6.42 Å². The Kier molecular flexibility index (Phi) is 3.32. The molecule has 3 nitrogen and oxygen atoms in total. The lowest BCUT2D eigenvalue weighted by Gasteiger charge is -2.56. The lowest BCUT2D eigenvalue weighted by atomic mass is 9.49. The summed E-state index contributed by atoms with van der Waals surface area (Å²) in [5.74, 6) is 0.665. The smallest absolute Gasteiger partial charge is 0.338 e. The molecule has 0 heterocycles. The van der Waals surface area contributed by atoms with Crippen molar-refractivity contribution < 1.29 is 14.3 Å². The summed E-state index contributed by atoms with van der Waals surface area (Å²) < 4.78 is 5.77. The predicted molar refractivity (Wildman–Crippen MR) is 82.4 cm³/mol. The molecule has 0 saturated heterocycles. The van der Waals surface area contributed by atoms with Crippen molar-refractivity contribution in [3.05, 3.63) is 35.9 Å². The van der Waals surface area contributed by atoms with Crippen molar-refractivity contribution in [2.45, 2.75) is 51.0 Å². The van der Waals surface area contributed by atoms with Crippen LogP contribution in [0.15, 0.2) is 30.3 Å². The van der Waals surface area contributed by atoms with E-state index in [2.05, 4.69) is 0 Å². The van der Waals surface area contributed by atoms with Gasteiger partial charge in [0.1, 0.15) is 11.9 Å². The number of carbonyl (C=O) groups is 2. The third-order valence-electron chi connectivity index (χ3n) is 6.15. The number of ether oxygens (including phenoxy) is 1. The Morgan fingerprint density at radius 1 is 1.18 bits per heavy atom. The molecule has 0 amide bonds. The topological polar surface area (TPSA) is 43.4 Å². The van der Waals surface area contributed by atoms with E-state index in [4.69, 9.17) is 4.74 Å². The quantitative estimate of drug-likeness (QED) is 0.781. The molecule has 4 fully saturated rings. The first-order valence-electron chi connectivity index (χ1n) is 8.47. The van der Waals surface area contributed by atoms with E-state index in [9.17, 15) is 9.59 Å². The molecule has 4 aliphatic rings. The van der Waals surface area contributed by atoms with Crippen LogP contribution in [0.4, 0.5) is 0 Å². The first kappa shape index (κ1) is 14.0. The monoisotopic (exact) mass is 298 g/mol. The van der Waals surface area contributed by atoms with E-state index in [-0.39, 0.29) is 23.4 Å². The summed E-state index contributed by atoms with van der Waals surface area (Å²) in [6.45, 7) is 0. The summed E-state index contributed by atoms with van der Waals surface area (Å²) in [6.07, 6.45) is 7.25. The Hall–Kier alpha value is -1.64. The summed E-state index contributed by atoms with van der Waals surface area (Å²) in [7, 11) is 0. The second-order valence-electron chi connectivity index (χ2n) is 7.30. The van der Waals surface area contributed by atoms with Gasteiger partial charge in [0.25, 0.3) is 0 Å². The highest BCUT2D eigenvalue weighted by molar-refractivity contribution is 5.90. The number of Topliss-reactive ketones (excluding diaryl/α,β-unsaturated/α-hetero) is 1. The molecule has 116 valence electrons. The molecule has 0 radical (unpaired) electrons. The van der Waals surface area contributed by atoms with Gasteiger partial charge in [-0.25, -0.2) is 4.79 Å². The van der Waals surface area contributed by atoms with Crippen molar-refractivity contribution in [2.24, 2.45) is 17.3 Å². The summed E-state index contributed by atoms with van der Waals surface area (Å²) >= 11 is 0. The van der Waals surface area contributed by atoms with E-state index in [1.165, 1.54) is 19.3 Å². The SMILES string of the molecule is O=C(O[C@@H]1C[C@@]23CCCC[C@H]2C[C@@H]1C(=O)C3)c1ccccc1. The zero-order valence-corrected chi connectivity index (χ0v) is 12.8. The normalized spacial score (nSPS) is 36.7. The van der Waals surface area contributed by atoms with Gasteiger partial charge in [0.2, 0.25) is 0 Å². The minimum atomic E-state index is -0.283. The molecule has 2 bridgehead atoms. The van der Waals surface area contributed by atoms with Crippen LogP contribution in [0.25, 0.3) is 0 Å². The highest BCUT2D eigenvalue weighted by Crippen LogP contribution is 2.59. The number of hydrogen-bond donors (Lipinski definition) is 0. The van der Waals surface area contributed by atoms with E-state index in [0.717, 1.165) is 25.7 Å². The van der Waals surface area contributed by atoms with Crippen molar-refractivity contribution in [1.29, 1.82) is 0 Å². The van der Waals surface area contributed by atoms with Crippen molar-refractivity contribution in [3.8, 4) is 0 Å². The van der Waals surface area contributed by atoms with Crippen molar-refractivity contribution in [1.82, 2.24) is 0 Å². The number of carbonyl (C=O) groups excluding carboxylic acids is 2. The number of benzene rings is 1. The zero-order valence-electron chi connectivity index (χ0n) is 12.8. The number of ketones is 1. The van der Waals surface area contributed by atoms with Gasteiger partial charge in [-0.3, -0.25) is 4.79 Å². The highest BCUT2D eigenvalue weighted by atomic mass is 16.5. The van der Waals surface area contributed by atoms with Crippen LogP contribution in [0.5, 0.6) is 0 Å². The van der Waals surface area contributed by atoms with E-state index in [1.54, 1.807) is 12.1 Å². The van der Waals surface area contributed by atoms with Crippen LogP contribution in [0.2, 0.25) is 0 Å². The molecule has 1 spiro atoms. The summed E-state index contributed by atoms with van der Waals surface area (Å²) in [5.41, 5.74) is 0.709. The maximum Gasteiger partial charge on any atom is 0.338 e. The number of rotatable bonds is 2. The van der Waals surface area contributed by atoms with Gasteiger partial charge in [-0.05, 0) is 49.1 Å². The summed E-state index contributed by atoms with van der Waals surface area (Å²) in [4.78, 5) is 24.8. The largest absolute Gasteiger partial charge is 0.458 e. The first-order valence-corrected chi connectivity index (χ1v) is 8.47. The summed E-state index contributed by atoms with van der Waals surface area (Å²) in [6, 6.07) is 9.10. The molecule has 1 aromatic rings. The van der Waals surface area contributed by atoms with Crippen LogP contribution in [-0.4, -0.2) is 17.9 Å². The molecule has 5 rings (SSSR count). The third kappa shape index (κ3) is 2.18. The number of hydrogen-bond acceptors (Lipinski definition) is 3. The Bertz CT molecular complexity index is 594. The fourth-order valence-electron chi connectivity index (χ4n) is 5.04. The van der Waals surface area contributed by atoms with Gasteiger partial charge >= 0.3 is 5.97 Å². The molecule has 4 aliphatic carbocycles. The number of fused-ring (bicyclic) bond motifs is 2. The van der Waals surface area contributed by atoms with Crippen LogP contribution in [0.3, 0.4) is 0 Å². The third-order valence-corrected chi connectivity index (χ3v) is 6.15. The molecule has 0 aromatic heterocycles. The molecule has 1 aromatic carbocycles. The van der Waals surface area contributed by atoms with E-state index < -0.39 is 0 Å². The molecular weight excluding hydrogens is 276 g/mol. The van der Waals surface area contributed by atoms with Crippen molar-refractivity contribution in [3.63, 3.8) is 0 Å². The van der Waals surface area contributed by atoms with Gasteiger partial charge in [0.15, 0.2) is 0 Å². The fraction of sp³-hybridized carbons (Fsp3) is 0.579. The van der Waals surface area contributed by atoms with Gasteiger partial charge in [-0.2, -0.15) is 0 Å². The molecule has 3 heteroatoms. The number of esters is 1. The zero-order chi connectivity index (χ0) is 15.2. The van der Waals surface area contributed by atoms with Gasteiger partial charge in [0.05, 0.1) is 11.5 Å². The molecule has 0 aliphatic heterocycles. The minimum absolute atomic E-state index is 0.0577. The molecule has 0 unspecified atom stereocenters. The molecule has 22 heavy (non-hydrogen) atoms. The Morgan fingerprint density at radius 2 is 2.00 bits per heavy atom. The van der Waals surface area contributed by atoms with E-state index >= 15 is 0 Å². The fourth-order valence-corrected chi connectivity index (χ4v) is 5.04. The van der Waals surface area contributed by atoms with Crippen LogP contribution in [-0.2, 0) is 9.53 Å². The van der Waals surface area contributed by atoms with Crippen LogP contribution >= 0.6 is 0 Å². The second kappa shape index (κ2) is 5.22. The second-order valence-corrected chi connectivity index (χ2v) is 7.30. The van der Waals surface area contributed by atoms with Gasteiger partial charge in [-0.15, -0.1) is 0 Å². The maximum atomic E-state index is 12.4. The molecule has 0 N–H and O–H groups in total. The lowest BCUT2D eigenvalue weighted by molar-refractivity contribution is -0.157. The van der Waals surface area contributed by atoms with Crippen LogP contribution in [0, 0.1) is 17.3 Å². The maximum absolute atomic E-state index is 12.4. The van der Waals surface area contributed by atoms with Crippen molar-refractivity contribution >= 4 is 11.8 Å². The molecular formula is C19H22O3. The van der Waals surface area contributed by atoms with Gasteiger partial charge < -0.3 is 4.74 Å². The molecule has 4 saturated carbocycles. The first-order chi connectivity index (χ1) is 10.7. The van der Waals surface area contributed by atoms with Crippen molar-refractivity contribution in [2.75, 3.05) is 0 Å². The Morgan fingerprint density at radius 3 is 2.82 bits per heavy atom. The minimum Gasteiger partial charge on any atom is -0.458 e. The summed E-state index contributed by atoms with van der Waals surface area (Å²) in [5, 5.41) is 0. The van der Waals surface area contributed by atoms with Crippen LogP contribution in [0.1, 0.15) is 55.3 Å². The average molecular weight is 298 g/mol. The molecule has 4 atom stereocenters. The lowest BCUT2D eigenvalue weighted by Crippen LogP contribution is -2.55. The Balaban J connectivity index is 1.54.